The number of hydrogen-bond donors (Lipinski definition) is 1. The highest BCUT2D eigenvalue weighted by molar-refractivity contribution is 7.10. The zero-order valence-electron chi connectivity index (χ0n) is 12.1. The first-order valence-corrected chi connectivity index (χ1v) is 8.06. The van der Waals surface area contributed by atoms with Crippen LogP contribution in [0.5, 0.6) is 0 Å². The van der Waals surface area contributed by atoms with Gasteiger partial charge in [0.2, 0.25) is 5.91 Å². The Bertz CT molecular complexity index is 396. The van der Waals surface area contributed by atoms with Crippen LogP contribution in [0.15, 0.2) is 17.5 Å². The van der Waals surface area contributed by atoms with Gasteiger partial charge in [-0.3, -0.25) is 10.1 Å². The number of nitrogens with zero attached hydrogens (tertiary/aromatic N) is 1. The van der Waals surface area contributed by atoms with Gasteiger partial charge in [-0.2, -0.15) is 0 Å². The second-order valence-electron chi connectivity index (χ2n) is 5.66. The Morgan fingerprint density at radius 2 is 2.00 bits per heavy atom. The van der Waals surface area contributed by atoms with E-state index in [0.29, 0.717) is 5.92 Å². The van der Waals surface area contributed by atoms with Gasteiger partial charge in [-0.05, 0) is 37.1 Å². The minimum atomic E-state index is -0.104. The van der Waals surface area contributed by atoms with E-state index in [9.17, 15) is 4.79 Å². The minimum Gasteiger partial charge on any atom is -0.341 e. The topological polar surface area (TPSA) is 32.3 Å². The van der Waals surface area contributed by atoms with E-state index in [1.54, 1.807) is 11.3 Å². The van der Waals surface area contributed by atoms with E-state index < -0.39 is 0 Å². The SMILES string of the molecule is CC(NC(c1cccs1)C(C)C)C(=O)N1CCCC1. The molecule has 1 aromatic rings. The molecule has 1 saturated heterocycles. The van der Waals surface area contributed by atoms with Crippen molar-refractivity contribution in [3.8, 4) is 0 Å². The number of carbonyl (C=O) groups excluding carboxylic acids is 1. The zero-order valence-corrected chi connectivity index (χ0v) is 12.9. The summed E-state index contributed by atoms with van der Waals surface area (Å²) in [5.74, 6) is 0.729. The molecular weight excluding hydrogens is 256 g/mol. The van der Waals surface area contributed by atoms with Crippen molar-refractivity contribution in [1.82, 2.24) is 10.2 Å². The van der Waals surface area contributed by atoms with Crippen molar-refractivity contribution in [2.75, 3.05) is 13.1 Å². The second kappa shape index (κ2) is 6.53. The summed E-state index contributed by atoms with van der Waals surface area (Å²) in [7, 11) is 0. The molecule has 0 bridgehead atoms. The maximum absolute atomic E-state index is 12.3. The van der Waals surface area contributed by atoms with Gasteiger partial charge in [0.15, 0.2) is 0 Å². The lowest BCUT2D eigenvalue weighted by Gasteiger charge is -2.27. The number of thiophene rings is 1. The lowest BCUT2D eigenvalue weighted by Crippen LogP contribution is -2.45. The summed E-state index contributed by atoms with van der Waals surface area (Å²) in [5.41, 5.74) is 0. The fourth-order valence-electron chi connectivity index (χ4n) is 2.62. The van der Waals surface area contributed by atoms with Gasteiger partial charge >= 0.3 is 0 Å². The Kier molecular flexibility index (Phi) is 4.99. The summed E-state index contributed by atoms with van der Waals surface area (Å²) in [5, 5.41) is 5.61. The molecule has 2 unspecified atom stereocenters. The fraction of sp³-hybridized carbons (Fsp3) is 0.667. The maximum Gasteiger partial charge on any atom is 0.239 e. The third kappa shape index (κ3) is 3.57. The molecule has 106 valence electrons. The van der Waals surface area contributed by atoms with Crippen LogP contribution in [0, 0.1) is 5.92 Å². The molecule has 1 fully saturated rings. The molecule has 1 N–H and O–H groups in total. The van der Waals surface area contributed by atoms with E-state index in [-0.39, 0.29) is 18.0 Å². The third-order valence-electron chi connectivity index (χ3n) is 3.73. The van der Waals surface area contributed by atoms with Crippen molar-refractivity contribution in [2.24, 2.45) is 5.92 Å². The number of hydrogen-bond acceptors (Lipinski definition) is 3. The minimum absolute atomic E-state index is 0.104. The fourth-order valence-corrected chi connectivity index (χ4v) is 3.58. The van der Waals surface area contributed by atoms with Crippen molar-refractivity contribution >= 4 is 17.2 Å². The predicted molar refractivity (Wildman–Crippen MR) is 80.3 cm³/mol. The molecule has 0 spiro atoms. The molecule has 2 atom stereocenters. The number of nitrogens with one attached hydrogen (secondary N) is 1. The average Bonchev–Trinajstić information content (AvgIpc) is 3.06. The van der Waals surface area contributed by atoms with Gasteiger partial charge in [0.05, 0.1) is 6.04 Å². The molecule has 19 heavy (non-hydrogen) atoms. The van der Waals surface area contributed by atoms with E-state index in [0.717, 1.165) is 25.9 Å². The van der Waals surface area contributed by atoms with Crippen LogP contribution in [0.1, 0.15) is 44.5 Å². The van der Waals surface area contributed by atoms with Crippen LogP contribution in [-0.4, -0.2) is 29.9 Å². The van der Waals surface area contributed by atoms with Crippen LogP contribution in [0.4, 0.5) is 0 Å². The Morgan fingerprint density at radius 1 is 1.32 bits per heavy atom. The van der Waals surface area contributed by atoms with Gasteiger partial charge in [0.1, 0.15) is 0 Å². The second-order valence-corrected chi connectivity index (χ2v) is 6.64. The molecule has 1 amide bonds. The van der Waals surface area contributed by atoms with Crippen LogP contribution in [0.25, 0.3) is 0 Å². The molecule has 0 radical (unpaired) electrons. The molecule has 1 aliphatic heterocycles. The lowest BCUT2D eigenvalue weighted by atomic mass is 10.0. The van der Waals surface area contributed by atoms with Gasteiger partial charge in [0, 0.05) is 24.0 Å². The van der Waals surface area contributed by atoms with Gasteiger partial charge in [-0.25, -0.2) is 0 Å². The highest BCUT2D eigenvalue weighted by Crippen LogP contribution is 2.26. The van der Waals surface area contributed by atoms with Crippen LogP contribution < -0.4 is 5.32 Å². The molecule has 1 aliphatic rings. The van der Waals surface area contributed by atoms with Gasteiger partial charge in [-0.15, -0.1) is 11.3 Å². The third-order valence-corrected chi connectivity index (χ3v) is 4.69. The highest BCUT2D eigenvalue weighted by atomic mass is 32.1. The summed E-state index contributed by atoms with van der Waals surface area (Å²) < 4.78 is 0. The van der Waals surface area contributed by atoms with Crippen molar-refractivity contribution in [3.05, 3.63) is 22.4 Å². The summed E-state index contributed by atoms with van der Waals surface area (Å²) in [4.78, 5) is 15.6. The number of likely N-dealkylation sites (tertiary alicyclic amines) is 1. The number of rotatable bonds is 5. The molecule has 4 heteroatoms. The normalized spacial score (nSPS) is 18.8. The molecule has 0 saturated carbocycles. The van der Waals surface area contributed by atoms with Crippen LogP contribution in [0.2, 0.25) is 0 Å². The van der Waals surface area contributed by atoms with E-state index >= 15 is 0 Å². The van der Waals surface area contributed by atoms with Crippen molar-refractivity contribution in [3.63, 3.8) is 0 Å². The van der Waals surface area contributed by atoms with Crippen LogP contribution in [-0.2, 0) is 4.79 Å². The quantitative estimate of drug-likeness (QED) is 0.899. The Morgan fingerprint density at radius 3 is 2.53 bits per heavy atom. The molecule has 2 rings (SSSR count). The molecule has 0 aliphatic carbocycles. The van der Waals surface area contributed by atoms with E-state index in [4.69, 9.17) is 0 Å². The monoisotopic (exact) mass is 280 g/mol. The lowest BCUT2D eigenvalue weighted by molar-refractivity contribution is -0.132. The Labute approximate surface area is 120 Å². The van der Waals surface area contributed by atoms with Gasteiger partial charge in [-0.1, -0.05) is 19.9 Å². The van der Waals surface area contributed by atoms with Gasteiger partial charge < -0.3 is 4.90 Å². The first kappa shape index (κ1) is 14.5. The Hall–Kier alpha value is -0.870. The highest BCUT2D eigenvalue weighted by Gasteiger charge is 2.26. The van der Waals surface area contributed by atoms with E-state index in [1.807, 2.05) is 11.8 Å². The largest absolute Gasteiger partial charge is 0.341 e. The first-order chi connectivity index (χ1) is 9.09. The average molecular weight is 280 g/mol. The van der Waals surface area contributed by atoms with E-state index in [2.05, 4.69) is 36.7 Å². The number of amides is 1. The first-order valence-electron chi connectivity index (χ1n) is 7.18. The molecule has 0 aromatic carbocycles. The smallest absolute Gasteiger partial charge is 0.239 e. The van der Waals surface area contributed by atoms with E-state index in [1.165, 1.54) is 4.88 Å². The zero-order chi connectivity index (χ0) is 13.8. The Balaban J connectivity index is 1.98. The summed E-state index contributed by atoms with van der Waals surface area (Å²) in [6, 6.07) is 4.38. The number of carbonyl (C=O) groups is 1. The standard InChI is InChI=1S/C15H24N2OS/c1-11(2)14(13-7-6-10-19-13)16-12(3)15(18)17-8-4-5-9-17/h6-7,10-12,14,16H,4-5,8-9H2,1-3H3. The van der Waals surface area contributed by atoms with Crippen molar-refractivity contribution < 1.29 is 4.79 Å². The summed E-state index contributed by atoms with van der Waals surface area (Å²) >= 11 is 1.76. The summed E-state index contributed by atoms with van der Waals surface area (Å²) in [6.45, 7) is 8.24. The van der Waals surface area contributed by atoms with Gasteiger partial charge in [0.25, 0.3) is 0 Å². The van der Waals surface area contributed by atoms with Crippen LogP contribution in [0.3, 0.4) is 0 Å². The van der Waals surface area contributed by atoms with Crippen LogP contribution >= 0.6 is 11.3 Å². The molecule has 3 nitrogen and oxygen atoms in total. The molecular formula is C15H24N2OS. The van der Waals surface area contributed by atoms with Crippen molar-refractivity contribution in [2.45, 2.75) is 45.7 Å². The van der Waals surface area contributed by atoms with Crippen molar-refractivity contribution in [1.29, 1.82) is 0 Å². The summed E-state index contributed by atoms with van der Waals surface area (Å²) in [6.07, 6.45) is 2.30. The predicted octanol–water partition coefficient (Wildman–Crippen LogP) is 3.05. The molecule has 1 aromatic heterocycles. The molecule has 2 heterocycles. The maximum atomic E-state index is 12.3.